The molecule has 0 saturated heterocycles. The lowest BCUT2D eigenvalue weighted by Crippen LogP contribution is -2.44. The van der Waals surface area contributed by atoms with Gasteiger partial charge in [-0.15, -0.1) is 0 Å². The number of aliphatic hydroxyl groups excluding tert-OH is 1. The number of nitrogens with zero attached hydrogens (tertiary/aromatic N) is 3. The maximum Gasteiger partial charge on any atom is 0.241 e. The first kappa shape index (κ1) is 14.7. The van der Waals surface area contributed by atoms with Crippen molar-refractivity contribution >= 4 is 0 Å². The van der Waals surface area contributed by atoms with Gasteiger partial charge in [0.05, 0.1) is 20.4 Å². The Bertz CT molecular complexity index is 408. The number of likely N-dealkylation sites (N-methyl/N-ethyl adjacent to an activating group) is 1. The molecule has 6 nitrogen and oxygen atoms in total. The summed E-state index contributed by atoms with van der Waals surface area (Å²) in [6.07, 6.45) is 0.646. The van der Waals surface area contributed by atoms with Gasteiger partial charge in [0.25, 0.3) is 0 Å². The Morgan fingerprint density at radius 3 is 2.33 bits per heavy atom. The molecule has 0 aliphatic rings. The Balaban J connectivity index is 3.16. The summed E-state index contributed by atoms with van der Waals surface area (Å²) in [5.41, 5.74) is -0.0895. The highest BCUT2D eigenvalue weighted by Gasteiger charge is 2.34. The highest BCUT2D eigenvalue weighted by molar-refractivity contribution is 5.26. The van der Waals surface area contributed by atoms with E-state index in [1.54, 1.807) is 0 Å². The van der Waals surface area contributed by atoms with Crippen molar-refractivity contribution in [1.29, 1.82) is 0 Å². The Kier molecular flexibility index (Phi) is 4.48. The van der Waals surface area contributed by atoms with Crippen molar-refractivity contribution in [3.63, 3.8) is 0 Å². The first-order valence-corrected chi connectivity index (χ1v) is 5.65. The number of rotatable bonds is 5. The molecule has 18 heavy (non-hydrogen) atoms. The molecule has 1 unspecified atom stereocenters. The lowest BCUT2D eigenvalue weighted by atomic mass is 9.93. The maximum atomic E-state index is 10.4. The van der Waals surface area contributed by atoms with Crippen LogP contribution in [-0.2, 0) is 0 Å². The van der Waals surface area contributed by atoms with Crippen LogP contribution in [0, 0.1) is 0 Å². The van der Waals surface area contributed by atoms with E-state index in [1.807, 2.05) is 32.8 Å². The van der Waals surface area contributed by atoms with Gasteiger partial charge < -0.3 is 19.5 Å². The van der Waals surface area contributed by atoms with E-state index in [9.17, 15) is 5.11 Å². The molecule has 0 fully saturated rings. The Labute approximate surface area is 108 Å². The molecule has 1 aromatic heterocycles. The predicted octanol–water partition coefficient (Wildman–Crippen LogP) is 0.867. The van der Waals surface area contributed by atoms with Crippen LogP contribution in [0.1, 0.15) is 25.6 Å². The van der Waals surface area contributed by atoms with E-state index in [-0.39, 0.29) is 5.88 Å². The topological polar surface area (TPSA) is 67.7 Å². The molecule has 0 spiro atoms. The second-order valence-corrected chi connectivity index (χ2v) is 4.76. The fourth-order valence-corrected chi connectivity index (χ4v) is 1.38. The van der Waals surface area contributed by atoms with Crippen LogP contribution < -0.4 is 9.47 Å². The Morgan fingerprint density at radius 2 is 1.89 bits per heavy atom. The summed E-state index contributed by atoms with van der Waals surface area (Å²) in [5, 5.41) is 10.4. The molecular formula is C12H21N3O3. The minimum atomic E-state index is -0.819. The van der Waals surface area contributed by atoms with E-state index >= 15 is 0 Å². The molecule has 1 aromatic rings. The number of methoxy groups -OCH3 is 2. The van der Waals surface area contributed by atoms with Crippen molar-refractivity contribution in [2.75, 3.05) is 28.3 Å². The van der Waals surface area contributed by atoms with Crippen molar-refractivity contribution in [3.8, 4) is 11.8 Å². The zero-order valence-electron chi connectivity index (χ0n) is 11.8. The molecule has 0 bridgehead atoms. The van der Waals surface area contributed by atoms with Crippen LogP contribution in [-0.4, -0.2) is 53.8 Å². The van der Waals surface area contributed by atoms with Gasteiger partial charge in [0, 0.05) is 5.54 Å². The van der Waals surface area contributed by atoms with Gasteiger partial charge in [-0.3, -0.25) is 0 Å². The molecule has 102 valence electrons. The molecule has 6 heteroatoms. The smallest absolute Gasteiger partial charge is 0.241 e. The van der Waals surface area contributed by atoms with Crippen LogP contribution >= 0.6 is 0 Å². The number of hydrogen-bond donors (Lipinski definition) is 1. The average Bonchev–Trinajstić information content (AvgIpc) is 2.36. The standard InChI is InChI=1S/C12H21N3O3/c1-12(2,15(3)4)10(16)9-11(18-6)14-8(17-5)7-13-9/h7,10,16H,1-6H3. The molecule has 1 N–H and O–H groups in total. The SMILES string of the molecule is COc1cnc(C(O)C(C)(C)N(C)C)c(OC)n1. The lowest BCUT2D eigenvalue weighted by Gasteiger charge is -2.36. The zero-order valence-corrected chi connectivity index (χ0v) is 11.8. The monoisotopic (exact) mass is 255 g/mol. The first-order valence-electron chi connectivity index (χ1n) is 5.65. The Morgan fingerprint density at radius 1 is 1.28 bits per heavy atom. The second-order valence-electron chi connectivity index (χ2n) is 4.76. The van der Waals surface area contributed by atoms with Crippen molar-refractivity contribution in [2.24, 2.45) is 0 Å². The van der Waals surface area contributed by atoms with Crippen LogP contribution in [0.25, 0.3) is 0 Å². The average molecular weight is 255 g/mol. The molecule has 0 amide bonds. The van der Waals surface area contributed by atoms with Crippen LogP contribution in [0.2, 0.25) is 0 Å². The van der Waals surface area contributed by atoms with Crippen molar-refractivity contribution in [1.82, 2.24) is 14.9 Å². The third kappa shape index (κ3) is 2.70. The number of ether oxygens (including phenoxy) is 2. The maximum absolute atomic E-state index is 10.4. The summed E-state index contributed by atoms with van der Waals surface area (Å²) < 4.78 is 10.1. The van der Waals surface area contributed by atoms with Gasteiger partial charge in [0.15, 0.2) is 0 Å². The van der Waals surface area contributed by atoms with Crippen molar-refractivity contribution in [2.45, 2.75) is 25.5 Å². The lowest BCUT2D eigenvalue weighted by molar-refractivity contribution is 0.0115. The molecule has 1 rings (SSSR count). The summed E-state index contributed by atoms with van der Waals surface area (Å²) in [7, 11) is 6.78. The van der Waals surface area contributed by atoms with E-state index in [0.29, 0.717) is 11.6 Å². The number of hydrogen-bond acceptors (Lipinski definition) is 6. The van der Waals surface area contributed by atoms with Gasteiger partial charge in [-0.2, -0.15) is 4.98 Å². The summed E-state index contributed by atoms with van der Waals surface area (Å²) >= 11 is 0. The van der Waals surface area contributed by atoms with E-state index in [1.165, 1.54) is 20.4 Å². The van der Waals surface area contributed by atoms with Crippen LogP contribution in [0.3, 0.4) is 0 Å². The van der Waals surface area contributed by atoms with Crippen molar-refractivity contribution in [3.05, 3.63) is 11.9 Å². The summed E-state index contributed by atoms with van der Waals surface area (Å²) in [6, 6.07) is 0. The second kappa shape index (κ2) is 5.49. The molecule has 0 aliphatic heterocycles. The number of aromatic nitrogens is 2. The summed E-state index contributed by atoms with van der Waals surface area (Å²) in [4.78, 5) is 10.2. The minimum Gasteiger partial charge on any atom is -0.480 e. The molecule has 0 aromatic carbocycles. The highest BCUT2D eigenvalue weighted by Crippen LogP contribution is 2.33. The minimum absolute atomic E-state index is 0.275. The summed E-state index contributed by atoms with van der Waals surface area (Å²) in [5.74, 6) is 0.627. The number of aliphatic hydroxyl groups is 1. The van der Waals surface area contributed by atoms with Gasteiger partial charge in [-0.25, -0.2) is 4.98 Å². The van der Waals surface area contributed by atoms with E-state index in [0.717, 1.165) is 0 Å². The van der Waals surface area contributed by atoms with Crippen LogP contribution in [0.5, 0.6) is 11.8 Å². The fourth-order valence-electron chi connectivity index (χ4n) is 1.38. The van der Waals surface area contributed by atoms with Crippen LogP contribution in [0.4, 0.5) is 0 Å². The molecule has 0 radical (unpaired) electrons. The van der Waals surface area contributed by atoms with Crippen LogP contribution in [0.15, 0.2) is 6.20 Å². The molecule has 1 heterocycles. The summed E-state index contributed by atoms with van der Waals surface area (Å²) in [6.45, 7) is 3.84. The van der Waals surface area contributed by atoms with E-state index in [2.05, 4.69) is 9.97 Å². The molecular weight excluding hydrogens is 234 g/mol. The van der Waals surface area contributed by atoms with Gasteiger partial charge in [-0.05, 0) is 27.9 Å². The third-order valence-corrected chi connectivity index (χ3v) is 3.23. The van der Waals surface area contributed by atoms with Gasteiger partial charge in [-0.1, -0.05) is 0 Å². The zero-order chi connectivity index (χ0) is 13.9. The Hall–Kier alpha value is -1.40. The quantitative estimate of drug-likeness (QED) is 0.842. The fraction of sp³-hybridized carbons (Fsp3) is 0.667. The van der Waals surface area contributed by atoms with Gasteiger partial charge in [0.2, 0.25) is 11.8 Å². The first-order chi connectivity index (χ1) is 8.34. The molecule has 1 atom stereocenters. The molecule has 0 aliphatic carbocycles. The van der Waals surface area contributed by atoms with Crippen molar-refractivity contribution < 1.29 is 14.6 Å². The van der Waals surface area contributed by atoms with E-state index in [4.69, 9.17) is 9.47 Å². The predicted molar refractivity (Wildman–Crippen MR) is 67.9 cm³/mol. The van der Waals surface area contributed by atoms with Gasteiger partial charge >= 0.3 is 0 Å². The van der Waals surface area contributed by atoms with Gasteiger partial charge in [0.1, 0.15) is 11.8 Å². The largest absolute Gasteiger partial charge is 0.480 e. The normalized spacial score (nSPS) is 13.6. The van der Waals surface area contributed by atoms with E-state index < -0.39 is 11.6 Å². The molecule has 0 saturated carbocycles. The third-order valence-electron chi connectivity index (χ3n) is 3.23. The highest BCUT2D eigenvalue weighted by atomic mass is 16.5.